The minimum absolute atomic E-state index is 0.141. The molecule has 132 valence electrons. The molecule has 0 saturated carbocycles. The Morgan fingerprint density at radius 2 is 1.80 bits per heavy atom. The lowest BCUT2D eigenvalue weighted by Gasteiger charge is -2.33. The van der Waals surface area contributed by atoms with Crippen LogP contribution in [0, 0.1) is 0 Å². The van der Waals surface area contributed by atoms with Crippen molar-refractivity contribution in [1.82, 2.24) is 9.97 Å². The molecule has 0 radical (unpaired) electrons. The molecule has 1 aliphatic heterocycles. The van der Waals surface area contributed by atoms with Crippen molar-refractivity contribution in [3.63, 3.8) is 0 Å². The van der Waals surface area contributed by atoms with Gasteiger partial charge in [0.25, 0.3) is 0 Å². The van der Waals surface area contributed by atoms with Crippen molar-refractivity contribution >= 4 is 11.8 Å². The number of alkyl halides is 3. The fourth-order valence-electron chi connectivity index (χ4n) is 3.13. The van der Waals surface area contributed by atoms with Crippen LogP contribution in [0.4, 0.5) is 19.0 Å². The third-order valence-corrected chi connectivity index (χ3v) is 4.38. The van der Waals surface area contributed by atoms with Crippen molar-refractivity contribution in [2.24, 2.45) is 0 Å². The molecule has 8 heteroatoms. The monoisotopic (exact) mass is 351 g/mol. The fraction of sp³-hybridized carbons (Fsp3) is 0.353. The van der Waals surface area contributed by atoms with Gasteiger partial charge in [-0.05, 0) is 30.4 Å². The quantitative estimate of drug-likeness (QED) is 0.916. The van der Waals surface area contributed by atoms with Crippen LogP contribution in [0.1, 0.15) is 40.4 Å². The zero-order valence-corrected chi connectivity index (χ0v) is 13.2. The van der Waals surface area contributed by atoms with Gasteiger partial charge in [-0.25, -0.2) is 14.8 Å². The summed E-state index contributed by atoms with van der Waals surface area (Å²) in [6.07, 6.45) is -0.660. The lowest BCUT2D eigenvalue weighted by atomic mass is 9.86. The van der Waals surface area contributed by atoms with Crippen LogP contribution >= 0.6 is 0 Å². The molecule has 0 bridgehead atoms. The SMILES string of the molecule is O=C(O)c1cnc(N2CCC(c3ccccc3C(F)(F)F)CC2)cn1. The lowest BCUT2D eigenvalue weighted by Crippen LogP contribution is -2.34. The Morgan fingerprint density at radius 3 is 2.36 bits per heavy atom. The first-order valence-corrected chi connectivity index (χ1v) is 7.82. The van der Waals surface area contributed by atoms with E-state index in [0.29, 0.717) is 37.3 Å². The predicted molar refractivity (Wildman–Crippen MR) is 84.6 cm³/mol. The Hall–Kier alpha value is -2.64. The maximum absolute atomic E-state index is 13.2. The predicted octanol–water partition coefficient (Wildman–Crippen LogP) is 3.58. The third-order valence-electron chi connectivity index (χ3n) is 4.38. The van der Waals surface area contributed by atoms with E-state index in [4.69, 9.17) is 5.11 Å². The molecule has 0 aliphatic carbocycles. The van der Waals surface area contributed by atoms with E-state index in [-0.39, 0.29) is 11.6 Å². The highest BCUT2D eigenvalue weighted by molar-refractivity contribution is 5.84. The zero-order valence-electron chi connectivity index (χ0n) is 13.2. The van der Waals surface area contributed by atoms with Gasteiger partial charge < -0.3 is 10.0 Å². The van der Waals surface area contributed by atoms with Crippen LogP contribution in [-0.4, -0.2) is 34.1 Å². The number of hydrogen-bond donors (Lipinski definition) is 1. The molecule has 25 heavy (non-hydrogen) atoms. The second kappa shape index (κ2) is 6.70. The van der Waals surface area contributed by atoms with Gasteiger partial charge in [0.05, 0.1) is 18.0 Å². The summed E-state index contributed by atoms with van der Waals surface area (Å²) in [5.74, 6) is -0.783. The normalized spacial score (nSPS) is 16.0. The molecular formula is C17H16F3N3O2. The average molecular weight is 351 g/mol. The van der Waals surface area contributed by atoms with Gasteiger partial charge in [-0.3, -0.25) is 0 Å². The second-order valence-corrected chi connectivity index (χ2v) is 5.91. The molecule has 1 saturated heterocycles. The van der Waals surface area contributed by atoms with Gasteiger partial charge in [0, 0.05) is 13.1 Å². The van der Waals surface area contributed by atoms with Crippen LogP contribution in [0.5, 0.6) is 0 Å². The number of rotatable bonds is 3. The number of piperidine rings is 1. The minimum Gasteiger partial charge on any atom is -0.476 e. The summed E-state index contributed by atoms with van der Waals surface area (Å²) in [5, 5.41) is 8.83. The largest absolute Gasteiger partial charge is 0.476 e. The van der Waals surface area contributed by atoms with E-state index in [0.717, 1.165) is 6.07 Å². The topological polar surface area (TPSA) is 66.3 Å². The Morgan fingerprint density at radius 1 is 1.12 bits per heavy atom. The number of carboxylic acid groups (broad SMARTS) is 1. The number of nitrogens with zero attached hydrogens (tertiary/aromatic N) is 3. The van der Waals surface area contributed by atoms with Gasteiger partial charge in [-0.15, -0.1) is 0 Å². The highest BCUT2D eigenvalue weighted by atomic mass is 19.4. The van der Waals surface area contributed by atoms with Gasteiger partial charge in [0.1, 0.15) is 5.82 Å². The van der Waals surface area contributed by atoms with E-state index in [1.165, 1.54) is 18.5 Å². The molecule has 1 aliphatic rings. The maximum atomic E-state index is 13.2. The number of hydrogen-bond acceptors (Lipinski definition) is 4. The van der Waals surface area contributed by atoms with Crippen LogP contribution in [0.2, 0.25) is 0 Å². The van der Waals surface area contributed by atoms with Crippen LogP contribution < -0.4 is 4.90 Å². The molecule has 2 heterocycles. The van der Waals surface area contributed by atoms with E-state index in [1.54, 1.807) is 12.1 Å². The molecule has 0 amide bonds. The summed E-state index contributed by atoms with van der Waals surface area (Å²) in [7, 11) is 0. The smallest absolute Gasteiger partial charge is 0.416 e. The molecule has 1 aromatic heterocycles. The first-order valence-electron chi connectivity index (χ1n) is 7.82. The number of halogens is 3. The molecule has 1 N–H and O–H groups in total. The number of aromatic carboxylic acids is 1. The van der Waals surface area contributed by atoms with E-state index in [1.807, 2.05) is 4.90 Å². The standard InChI is InChI=1S/C17H16F3N3O2/c18-17(19,20)13-4-2-1-3-12(13)11-5-7-23(8-6-11)15-10-21-14(9-22-15)16(24)25/h1-4,9-11H,5-8H2,(H,24,25). The van der Waals surface area contributed by atoms with Crippen LogP contribution in [-0.2, 0) is 6.18 Å². The van der Waals surface area contributed by atoms with Gasteiger partial charge in [0.2, 0.25) is 0 Å². The van der Waals surface area contributed by atoms with Crippen molar-refractivity contribution in [3.8, 4) is 0 Å². The number of carbonyl (C=O) groups is 1. The summed E-state index contributed by atoms with van der Waals surface area (Å²) in [6, 6.07) is 5.70. The first-order chi connectivity index (χ1) is 11.9. The van der Waals surface area contributed by atoms with Crippen LogP contribution in [0.15, 0.2) is 36.7 Å². The molecule has 0 atom stereocenters. The Labute approximate surface area is 142 Å². The highest BCUT2D eigenvalue weighted by Crippen LogP contribution is 2.38. The highest BCUT2D eigenvalue weighted by Gasteiger charge is 2.35. The minimum atomic E-state index is -4.36. The van der Waals surface area contributed by atoms with Gasteiger partial charge in [0.15, 0.2) is 5.69 Å². The number of anilines is 1. The average Bonchev–Trinajstić information content (AvgIpc) is 2.61. The summed E-state index contributed by atoms with van der Waals surface area (Å²) in [6.45, 7) is 1.08. The summed E-state index contributed by atoms with van der Waals surface area (Å²) in [5.41, 5.74) is -0.376. The van der Waals surface area contributed by atoms with E-state index < -0.39 is 17.7 Å². The molecule has 1 fully saturated rings. The molecule has 1 aromatic carbocycles. The van der Waals surface area contributed by atoms with Gasteiger partial charge >= 0.3 is 12.1 Å². The number of carboxylic acids is 1. The van der Waals surface area contributed by atoms with Crippen LogP contribution in [0.25, 0.3) is 0 Å². The maximum Gasteiger partial charge on any atom is 0.416 e. The van der Waals surface area contributed by atoms with Crippen molar-refractivity contribution in [2.45, 2.75) is 24.9 Å². The van der Waals surface area contributed by atoms with Crippen LogP contribution in [0.3, 0.4) is 0 Å². The molecule has 3 rings (SSSR count). The van der Waals surface area contributed by atoms with E-state index in [9.17, 15) is 18.0 Å². The Bertz CT molecular complexity index is 754. The summed E-state index contributed by atoms with van der Waals surface area (Å²) >= 11 is 0. The molecule has 0 spiro atoms. The van der Waals surface area contributed by atoms with Gasteiger partial charge in [-0.2, -0.15) is 13.2 Å². The molecule has 2 aromatic rings. The zero-order chi connectivity index (χ0) is 18.0. The Kier molecular flexibility index (Phi) is 4.61. The van der Waals surface area contributed by atoms with Crippen molar-refractivity contribution in [2.75, 3.05) is 18.0 Å². The van der Waals surface area contributed by atoms with Crippen molar-refractivity contribution < 1.29 is 23.1 Å². The van der Waals surface area contributed by atoms with E-state index in [2.05, 4.69) is 9.97 Å². The first kappa shape index (κ1) is 17.2. The second-order valence-electron chi connectivity index (χ2n) is 5.91. The van der Waals surface area contributed by atoms with Gasteiger partial charge in [-0.1, -0.05) is 18.2 Å². The Balaban J connectivity index is 1.71. The number of benzene rings is 1. The molecule has 5 nitrogen and oxygen atoms in total. The van der Waals surface area contributed by atoms with E-state index >= 15 is 0 Å². The fourth-order valence-corrected chi connectivity index (χ4v) is 3.13. The summed E-state index contributed by atoms with van der Waals surface area (Å²) in [4.78, 5) is 20.6. The number of aromatic nitrogens is 2. The lowest BCUT2D eigenvalue weighted by molar-refractivity contribution is -0.138. The van der Waals surface area contributed by atoms with Crippen molar-refractivity contribution in [3.05, 3.63) is 53.5 Å². The molecular weight excluding hydrogens is 335 g/mol. The van der Waals surface area contributed by atoms with Crippen molar-refractivity contribution in [1.29, 1.82) is 0 Å². The summed E-state index contributed by atoms with van der Waals surface area (Å²) < 4.78 is 39.5. The molecule has 0 unspecified atom stereocenters. The third kappa shape index (κ3) is 3.72.